The standard InChI is InChI=1S/C10H16N2O2/c1-8(2)4-6-12-7-5-9(13)11(3)10(12)14/h5,7-8H,4,6H2,1-3H3. The predicted molar refractivity (Wildman–Crippen MR) is 55.4 cm³/mol. The molecule has 14 heavy (non-hydrogen) atoms. The minimum Gasteiger partial charge on any atom is -0.300 e. The molecule has 1 rings (SSSR count). The summed E-state index contributed by atoms with van der Waals surface area (Å²) in [5.74, 6) is 0.555. The van der Waals surface area contributed by atoms with Gasteiger partial charge in [0, 0.05) is 25.9 Å². The maximum atomic E-state index is 11.5. The molecule has 78 valence electrons. The van der Waals surface area contributed by atoms with Gasteiger partial charge in [-0.25, -0.2) is 4.79 Å². The third-order valence-corrected chi connectivity index (χ3v) is 2.21. The van der Waals surface area contributed by atoms with Gasteiger partial charge in [-0.2, -0.15) is 0 Å². The van der Waals surface area contributed by atoms with E-state index in [1.165, 1.54) is 13.1 Å². The molecule has 0 aliphatic carbocycles. The number of rotatable bonds is 3. The van der Waals surface area contributed by atoms with Crippen molar-refractivity contribution < 1.29 is 0 Å². The summed E-state index contributed by atoms with van der Waals surface area (Å²) in [7, 11) is 1.50. The first-order valence-corrected chi connectivity index (χ1v) is 4.79. The quantitative estimate of drug-likeness (QED) is 0.710. The van der Waals surface area contributed by atoms with Gasteiger partial charge in [-0.15, -0.1) is 0 Å². The Bertz CT molecular complexity index is 415. The summed E-state index contributed by atoms with van der Waals surface area (Å²) < 4.78 is 2.70. The van der Waals surface area contributed by atoms with Crippen molar-refractivity contribution in [2.45, 2.75) is 26.8 Å². The van der Waals surface area contributed by atoms with Gasteiger partial charge in [-0.05, 0) is 12.3 Å². The molecule has 4 nitrogen and oxygen atoms in total. The highest BCUT2D eigenvalue weighted by molar-refractivity contribution is 4.85. The first-order chi connectivity index (χ1) is 6.52. The summed E-state index contributed by atoms with van der Waals surface area (Å²) in [5, 5.41) is 0. The zero-order chi connectivity index (χ0) is 10.7. The molecule has 4 heteroatoms. The summed E-state index contributed by atoms with van der Waals surface area (Å²) in [5.41, 5.74) is -0.492. The van der Waals surface area contributed by atoms with Gasteiger partial charge in [-0.3, -0.25) is 9.36 Å². The van der Waals surface area contributed by atoms with E-state index >= 15 is 0 Å². The van der Waals surface area contributed by atoms with Gasteiger partial charge in [0.15, 0.2) is 0 Å². The average Bonchev–Trinajstić information content (AvgIpc) is 2.13. The highest BCUT2D eigenvalue weighted by Gasteiger charge is 2.01. The van der Waals surface area contributed by atoms with E-state index in [0.29, 0.717) is 12.5 Å². The maximum Gasteiger partial charge on any atom is 0.330 e. The monoisotopic (exact) mass is 196 g/mol. The predicted octanol–water partition coefficient (Wildman–Crippen LogP) is 0.593. The second-order valence-corrected chi connectivity index (χ2v) is 3.87. The number of nitrogens with zero attached hydrogens (tertiary/aromatic N) is 2. The fraction of sp³-hybridized carbons (Fsp3) is 0.600. The van der Waals surface area contributed by atoms with Gasteiger partial charge in [-0.1, -0.05) is 13.8 Å². The molecule has 0 saturated heterocycles. The van der Waals surface area contributed by atoms with E-state index in [1.807, 2.05) is 0 Å². The van der Waals surface area contributed by atoms with Crippen molar-refractivity contribution in [3.8, 4) is 0 Å². The van der Waals surface area contributed by atoms with Gasteiger partial charge >= 0.3 is 5.69 Å². The number of aryl methyl sites for hydroxylation is 1. The second kappa shape index (κ2) is 4.26. The summed E-state index contributed by atoms with van der Waals surface area (Å²) >= 11 is 0. The lowest BCUT2D eigenvalue weighted by atomic mass is 10.1. The van der Waals surface area contributed by atoms with E-state index in [1.54, 1.807) is 10.8 Å². The fourth-order valence-corrected chi connectivity index (χ4v) is 1.18. The molecule has 0 aliphatic rings. The van der Waals surface area contributed by atoms with Crippen molar-refractivity contribution in [2.75, 3.05) is 0 Å². The van der Waals surface area contributed by atoms with Gasteiger partial charge < -0.3 is 4.57 Å². The summed E-state index contributed by atoms with van der Waals surface area (Å²) in [4.78, 5) is 22.6. The molecule has 0 amide bonds. The van der Waals surface area contributed by atoms with Gasteiger partial charge in [0.25, 0.3) is 5.56 Å². The Kier molecular flexibility index (Phi) is 3.28. The minimum atomic E-state index is -0.254. The second-order valence-electron chi connectivity index (χ2n) is 3.87. The van der Waals surface area contributed by atoms with Crippen molar-refractivity contribution in [3.05, 3.63) is 33.1 Å². The van der Waals surface area contributed by atoms with Crippen LogP contribution in [0.25, 0.3) is 0 Å². The maximum absolute atomic E-state index is 11.5. The van der Waals surface area contributed by atoms with E-state index in [9.17, 15) is 9.59 Å². The van der Waals surface area contributed by atoms with Crippen LogP contribution in [-0.2, 0) is 13.6 Å². The van der Waals surface area contributed by atoms with Crippen LogP contribution in [0.4, 0.5) is 0 Å². The molecule has 0 spiro atoms. The van der Waals surface area contributed by atoms with Crippen molar-refractivity contribution in [2.24, 2.45) is 13.0 Å². The molecule has 1 heterocycles. The van der Waals surface area contributed by atoms with Crippen molar-refractivity contribution >= 4 is 0 Å². The van der Waals surface area contributed by atoms with E-state index in [0.717, 1.165) is 11.0 Å². The van der Waals surface area contributed by atoms with Gasteiger partial charge in [0.1, 0.15) is 0 Å². The Hall–Kier alpha value is -1.32. The van der Waals surface area contributed by atoms with E-state index in [4.69, 9.17) is 0 Å². The van der Waals surface area contributed by atoms with E-state index in [-0.39, 0.29) is 11.2 Å². The smallest absolute Gasteiger partial charge is 0.300 e. The van der Waals surface area contributed by atoms with Crippen LogP contribution in [0.3, 0.4) is 0 Å². The zero-order valence-electron chi connectivity index (χ0n) is 8.86. The molecule has 0 radical (unpaired) electrons. The Morgan fingerprint density at radius 3 is 2.57 bits per heavy atom. The molecular formula is C10H16N2O2. The highest BCUT2D eigenvalue weighted by Crippen LogP contribution is 1.99. The fourth-order valence-electron chi connectivity index (χ4n) is 1.18. The molecule has 0 bridgehead atoms. The molecule has 0 fully saturated rings. The summed E-state index contributed by atoms with van der Waals surface area (Å²) in [6, 6.07) is 1.42. The molecule has 0 aliphatic heterocycles. The van der Waals surface area contributed by atoms with Crippen LogP contribution in [0.5, 0.6) is 0 Å². The van der Waals surface area contributed by atoms with Gasteiger partial charge in [0.2, 0.25) is 0 Å². The Labute approximate surface area is 82.8 Å². The number of hydrogen-bond donors (Lipinski definition) is 0. The molecule has 0 unspecified atom stereocenters. The minimum absolute atomic E-state index is 0.238. The Balaban J connectivity index is 2.95. The van der Waals surface area contributed by atoms with E-state index in [2.05, 4.69) is 13.8 Å². The van der Waals surface area contributed by atoms with Crippen LogP contribution in [0.1, 0.15) is 20.3 Å². The van der Waals surface area contributed by atoms with Crippen LogP contribution in [0, 0.1) is 5.92 Å². The van der Waals surface area contributed by atoms with Crippen molar-refractivity contribution in [1.82, 2.24) is 9.13 Å². The van der Waals surface area contributed by atoms with Crippen LogP contribution in [-0.4, -0.2) is 9.13 Å². The molecule has 0 aromatic carbocycles. The number of hydrogen-bond acceptors (Lipinski definition) is 2. The van der Waals surface area contributed by atoms with Crippen molar-refractivity contribution in [3.63, 3.8) is 0 Å². The molecule has 1 aromatic rings. The SMILES string of the molecule is CC(C)CCn1ccc(=O)n(C)c1=O. The van der Waals surface area contributed by atoms with E-state index < -0.39 is 0 Å². The summed E-state index contributed by atoms with van der Waals surface area (Å²) in [6.45, 7) is 4.88. The Morgan fingerprint density at radius 1 is 1.36 bits per heavy atom. The lowest BCUT2D eigenvalue weighted by Crippen LogP contribution is -2.37. The zero-order valence-corrected chi connectivity index (χ0v) is 8.86. The van der Waals surface area contributed by atoms with Crippen LogP contribution in [0.15, 0.2) is 21.9 Å². The van der Waals surface area contributed by atoms with Crippen LogP contribution < -0.4 is 11.2 Å². The normalized spacial score (nSPS) is 10.9. The van der Waals surface area contributed by atoms with Crippen LogP contribution in [0.2, 0.25) is 0 Å². The first-order valence-electron chi connectivity index (χ1n) is 4.79. The highest BCUT2D eigenvalue weighted by atomic mass is 16.2. The van der Waals surface area contributed by atoms with Crippen molar-refractivity contribution in [1.29, 1.82) is 0 Å². The molecular weight excluding hydrogens is 180 g/mol. The average molecular weight is 196 g/mol. The molecule has 0 atom stereocenters. The molecule has 0 N–H and O–H groups in total. The topological polar surface area (TPSA) is 44.0 Å². The Morgan fingerprint density at radius 2 is 2.00 bits per heavy atom. The number of aromatic nitrogens is 2. The molecule has 1 aromatic heterocycles. The largest absolute Gasteiger partial charge is 0.330 e. The third kappa shape index (κ3) is 2.34. The van der Waals surface area contributed by atoms with Crippen LogP contribution >= 0.6 is 0 Å². The molecule has 0 saturated carbocycles. The lowest BCUT2D eigenvalue weighted by Gasteiger charge is -2.08. The summed E-state index contributed by atoms with van der Waals surface area (Å²) in [6.07, 6.45) is 2.51. The lowest BCUT2D eigenvalue weighted by molar-refractivity contribution is 0.490. The van der Waals surface area contributed by atoms with Gasteiger partial charge in [0.05, 0.1) is 0 Å². The first kappa shape index (κ1) is 10.8. The third-order valence-electron chi connectivity index (χ3n) is 2.21.